The van der Waals surface area contributed by atoms with Gasteiger partial charge in [-0.2, -0.15) is 13.2 Å². The molecule has 0 aliphatic rings. The number of carbonyl (C=O) groups excluding carboxylic acids is 2. The Labute approximate surface area is 226 Å². The van der Waals surface area contributed by atoms with Crippen LogP contribution in [0.25, 0.3) is 21.5 Å². The van der Waals surface area contributed by atoms with Gasteiger partial charge in [0.15, 0.2) is 23.3 Å². The molecule has 0 radical (unpaired) electrons. The minimum atomic E-state index is -4.89. The number of aryl methyl sites for hydroxylation is 1. The van der Waals surface area contributed by atoms with E-state index in [0.717, 1.165) is 24.3 Å². The Morgan fingerprint density at radius 2 is 1.02 bits per heavy atom. The van der Waals surface area contributed by atoms with E-state index in [0.29, 0.717) is 35.2 Å². The van der Waals surface area contributed by atoms with Crippen molar-refractivity contribution in [3.8, 4) is 11.5 Å². The van der Waals surface area contributed by atoms with E-state index in [-0.39, 0.29) is 27.5 Å². The highest BCUT2D eigenvalue weighted by Gasteiger charge is 2.34. The second kappa shape index (κ2) is 10.2. The van der Waals surface area contributed by atoms with Crippen molar-refractivity contribution < 1.29 is 49.8 Å². The van der Waals surface area contributed by atoms with Crippen LogP contribution in [-0.2, 0) is 6.18 Å². The summed E-state index contributed by atoms with van der Waals surface area (Å²) in [6.07, 6.45) is -4.89. The van der Waals surface area contributed by atoms with Crippen LogP contribution in [0.1, 0.15) is 31.8 Å². The Kier molecular flexibility index (Phi) is 6.90. The standard InChI is InChI=1S/C30H15F7O4/c1-14-8-17(40-28(38)15-2-6-24(31)26(33)9-15)11-21-19(14)4-5-20-22(21)12-18(13-23(20)30(35,36)37)41-29(39)16-3-7-25(32)27(34)10-16/h2-13H,1H3. The van der Waals surface area contributed by atoms with Crippen LogP contribution in [0.3, 0.4) is 0 Å². The van der Waals surface area contributed by atoms with E-state index in [2.05, 4.69) is 0 Å². The molecule has 0 atom stereocenters. The van der Waals surface area contributed by atoms with Crippen LogP contribution in [0, 0.1) is 30.2 Å². The predicted molar refractivity (Wildman–Crippen MR) is 134 cm³/mol. The van der Waals surface area contributed by atoms with Crippen LogP contribution >= 0.6 is 0 Å². The summed E-state index contributed by atoms with van der Waals surface area (Å²) in [6.45, 7) is 1.61. The Bertz CT molecular complexity index is 1880. The lowest BCUT2D eigenvalue weighted by molar-refractivity contribution is -0.136. The molecule has 5 aromatic carbocycles. The lowest BCUT2D eigenvalue weighted by atomic mass is 9.95. The number of benzene rings is 5. The van der Waals surface area contributed by atoms with Crippen LogP contribution in [0.4, 0.5) is 30.7 Å². The number of fused-ring (bicyclic) bond motifs is 3. The number of hydrogen-bond donors (Lipinski definition) is 0. The van der Waals surface area contributed by atoms with E-state index < -0.39 is 58.3 Å². The molecule has 0 aromatic heterocycles. The fourth-order valence-electron chi connectivity index (χ4n) is 4.34. The second-order valence-corrected chi connectivity index (χ2v) is 9.00. The molecule has 0 aliphatic heterocycles. The highest BCUT2D eigenvalue weighted by molar-refractivity contribution is 6.11. The van der Waals surface area contributed by atoms with E-state index in [9.17, 15) is 40.3 Å². The minimum absolute atomic E-state index is 0.0285. The van der Waals surface area contributed by atoms with Gasteiger partial charge in [0.2, 0.25) is 0 Å². The third kappa shape index (κ3) is 5.43. The van der Waals surface area contributed by atoms with Gasteiger partial charge in [-0.3, -0.25) is 0 Å². The normalized spacial score (nSPS) is 11.6. The number of alkyl halides is 3. The molecule has 0 heterocycles. The maximum atomic E-state index is 14.1. The molecule has 0 saturated heterocycles. The Morgan fingerprint density at radius 1 is 0.561 bits per heavy atom. The van der Waals surface area contributed by atoms with Gasteiger partial charge in [0.1, 0.15) is 11.5 Å². The molecule has 41 heavy (non-hydrogen) atoms. The monoisotopic (exact) mass is 572 g/mol. The van der Waals surface area contributed by atoms with Crippen molar-refractivity contribution in [2.45, 2.75) is 13.1 Å². The Hall–Kier alpha value is -4.93. The molecule has 5 aromatic rings. The maximum Gasteiger partial charge on any atom is 0.417 e. The predicted octanol–water partition coefficient (Wildman–Crippen LogP) is 8.32. The third-order valence-corrected chi connectivity index (χ3v) is 6.26. The smallest absolute Gasteiger partial charge is 0.417 e. The number of rotatable bonds is 4. The highest BCUT2D eigenvalue weighted by atomic mass is 19.4. The van der Waals surface area contributed by atoms with E-state index in [1.807, 2.05) is 0 Å². The largest absolute Gasteiger partial charge is 0.423 e. The molecule has 0 spiro atoms. The van der Waals surface area contributed by atoms with Crippen LogP contribution in [-0.4, -0.2) is 11.9 Å². The average molecular weight is 572 g/mol. The molecule has 11 heteroatoms. The Morgan fingerprint density at radius 3 is 1.51 bits per heavy atom. The van der Waals surface area contributed by atoms with Crippen LogP contribution in [0.15, 0.2) is 72.8 Å². The molecule has 5 rings (SSSR count). The van der Waals surface area contributed by atoms with E-state index in [1.54, 1.807) is 6.92 Å². The van der Waals surface area contributed by atoms with Gasteiger partial charge in [-0.1, -0.05) is 12.1 Å². The molecular weight excluding hydrogens is 557 g/mol. The van der Waals surface area contributed by atoms with Crippen molar-refractivity contribution >= 4 is 33.5 Å². The number of halogens is 7. The van der Waals surface area contributed by atoms with Crippen LogP contribution in [0.2, 0.25) is 0 Å². The van der Waals surface area contributed by atoms with Gasteiger partial charge in [-0.15, -0.1) is 0 Å². The van der Waals surface area contributed by atoms with Crippen molar-refractivity contribution in [2.24, 2.45) is 0 Å². The number of esters is 2. The number of ether oxygens (including phenoxy) is 2. The van der Waals surface area contributed by atoms with Gasteiger partial charge in [0.25, 0.3) is 0 Å². The molecule has 0 saturated carbocycles. The zero-order valence-electron chi connectivity index (χ0n) is 20.7. The van der Waals surface area contributed by atoms with Crippen molar-refractivity contribution in [1.82, 2.24) is 0 Å². The van der Waals surface area contributed by atoms with Crippen molar-refractivity contribution in [1.29, 1.82) is 0 Å². The third-order valence-electron chi connectivity index (χ3n) is 6.26. The van der Waals surface area contributed by atoms with Gasteiger partial charge >= 0.3 is 18.1 Å². The Balaban J connectivity index is 1.62. The average Bonchev–Trinajstić information content (AvgIpc) is 2.90. The first kappa shape index (κ1) is 27.6. The fourth-order valence-corrected chi connectivity index (χ4v) is 4.34. The highest BCUT2D eigenvalue weighted by Crippen LogP contribution is 2.41. The molecule has 0 bridgehead atoms. The summed E-state index contributed by atoms with van der Waals surface area (Å²) in [6, 6.07) is 11.7. The summed E-state index contributed by atoms with van der Waals surface area (Å²) in [5.41, 5.74) is -1.38. The molecule has 4 nitrogen and oxygen atoms in total. The summed E-state index contributed by atoms with van der Waals surface area (Å²) in [5, 5.41) is 0.370. The maximum absolute atomic E-state index is 14.1. The molecule has 0 amide bonds. The van der Waals surface area contributed by atoms with Crippen molar-refractivity contribution in [3.05, 3.63) is 118 Å². The van der Waals surface area contributed by atoms with Crippen LogP contribution < -0.4 is 9.47 Å². The first-order valence-electron chi connectivity index (χ1n) is 11.7. The van der Waals surface area contributed by atoms with Gasteiger partial charge in [-0.05, 0) is 94.7 Å². The summed E-state index contributed by atoms with van der Waals surface area (Å²) in [7, 11) is 0. The fraction of sp³-hybridized carbons (Fsp3) is 0.0667. The number of hydrogen-bond acceptors (Lipinski definition) is 4. The zero-order chi connectivity index (χ0) is 29.6. The lowest BCUT2D eigenvalue weighted by Gasteiger charge is -2.16. The summed E-state index contributed by atoms with van der Waals surface area (Å²) < 4.78 is 106. The summed E-state index contributed by atoms with van der Waals surface area (Å²) in [4.78, 5) is 25.1. The summed E-state index contributed by atoms with van der Waals surface area (Å²) in [5.74, 6) is -7.92. The topological polar surface area (TPSA) is 52.6 Å². The van der Waals surface area contributed by atoms with Gasteiger partial charge in [-0.25, -0.2) is 27.2 Å². The lowest BCUT2D eigenvalue weighted by Crippen LogP contribution is -2.11. The molecule has 0 aliphatic carbocycles. The van der Waals surface area contributed by atoms with Gasteiger partial charge in [0.05, 0.1) is 16.7 Å². The minimum Gasteiger partial charge on any atom is -0.423 e. The molecule has 0 unspecified atom stereocenters. The van der Waals surface area contributed by atoms with E-state index in [1.165, 1.54) is 24.3 Å². The van der Waals surface area contributed by atoms with Gasteiger partial charge in [0, 0.05) is 0 Å². The summed E-state index contributed by atoms with van der Waals surface area (Å²) >= 11 is 0. The van der Waals surface area contributed by atoms with Crippen molar-refractivity contribution in [2.75, 3.05) is 0 Å². The van der Waals surface area contributed by atoms with Crippen LogP contribution in [0.5, 0.6) is 11.5 Å². The van der Waals surface area contributed by atoms with Crippen molar-refractivity contribution in [3.63, 3.8) is 0 Å². The molecular formula is C30H15F7O4. The number of carbonyl (C=O) groups is 2. The molecule has 0 fully saturated rings. The molecule has 208 valence electrons. The first-order valence-corrected chi connectivity index (χ1v) is 11.7. The first-order chi connectivity index (χ1) is 19.3. The van der Waals surface area contributed by atoms with E-state index in [4.69, 9.17) is 9.47 Å². The SMILES string of the molecule is Cc1cc(OC(=O)c2ccc(F)c(F)c2)cc2c1ccc1c(C(F)(F)F)cc(OC(=O)c3ccc(F)c(F)c3)cc12. The quantitative estimate of drug-likeness (QED) is 0.0941. The molecule has 0 N–H and O–H groups in total. The van der Waals surface area contributed by atoms with Gasteiger partial charge < -0.3 is 9.47 Å². The zero-order valence-corrected chi connectivity index (χ0v) is 20.7. The second-order valence-electron chi connectivity index (χ2n) is 9.00. The van der Waals surface area contributed by atoms with E-state index >= 15 is 0 Å².